The number of nitrogens with zero attached hydrogens (tertiary/aromatic N) is 3. The van der Waals surface area contributed by atoms with Gasteiger partial charge in [-0.2, -0.15) is 0 Å². The van der Waals surface area contributed by atoms with Crippen LogP contribution in [0.3, 0.4) is 0 Å². The number of alkyl halides is 1. The van der Waals surface area contributed by atoms with Crippen molar-refractivity contribution in [3.63, 3.8) is 0 Å². The van der Waals surface area contributed by atoms with E-state index in [0.29, 0.717) is 5.69 Å². The maximum atomic E-state index is 11.6. The van der Waals surface area contributed by atoms with Gasteiger partial charge in [0.15, 0.2) is 5.54 Å². The van der Waals surface area contributed by atoms with E-state index in [2.05, 4.69) is 20.4 Å². The van der Waals surface area contributed by atoms with E-state index < -0.39 is 11.5 Å². The summed E-state index contributed by atoms with van der Waals surface area (Å²) in [5.74, 6) is -0.830. The average Bonchev–Trinajstić information content (AvgIpc) is 2.84. The lowest BCUT2D eigenvalue weighted by atomic mass is 10.1. The Hall–Kier alpha value is -1.63. The molecular formula is C10H15ClN4O3. The molecule has 100 valence electrons. The molecule has 1 amide bonds. The third-order valence-corrected chi connectivity index (χ3v) is 2.63. The number of aromatic nitrogens is 3. The molecule has 0 saturated carbocycles. The Labute approximate surface area is 109 Å². The summed E-state index contributed by atoms with van der Waals surface area (Å²) in [7, 11) is 1.31. The van der Waals surface area contributed by atoms with E-state index in [0.717, 1.165) is 0 Å². The van der Waals surface area contributed by atoms with Gasteiger partial charge in [-0.05, 0) is 13.8 Å². The summed E-state index contributed by atoms with van der Waals surface area (Å²) in [6, 6.07) is 0. The van der Waals surface area contributed by atoms with Gasteiger partial charge in [-0.1, -0.05) is 5.21 Å². The van der Waals surface area contributed by atoms with E-state index in [1.165, 1.54) is 11.8 Å². The molecule has 0 fully saturated rings. The van der Waals surface area contributed by atoms with Crippen LogP contribution in [-0.4, -0.2) is 39.9 Å². The summed E-state index contributed by atoms with van der Waals surface area (Å²) in [6.45, 7) is 3.53. The topological polar surface area (TPSA) is 86.1 Å². The number of nitrogens with one attached hydrogen (secondary N) is 1. The van der Waals surface area contributed by atoms with Crippen LogP contribution in [0.15, 0.2) is 6.20 Å². The minimum atomic E-state index is -0.948. The first-order chi connectivity index (χ1) is 8.41. The molecule has 1 aromatic heterocycles. The Kier molecular flexibility index (Phi) is 4.66. The van der Waals surface area contributed by atoms with Gasteiger partial charge in [0.1, 0.15) is 11.6 Å². The molecule has 8 heteroatoms. The zero-order valence-electron chi connectivity index (χ0n) is 10.4. The van der Waals surface area contributed by atoms with Crippen LogP contribution < -0.4 is 5.32 Å². The fourth-order valence-corrected chi connectivity index (χ4v) is 1.33. The third kappa shape index (κ3) is 3.19. The minimum absolute atomic E-state index is 0.109. The molecule has 0 aliphatic rings. The number of esters is 1. The molecule has 1 heterocycles. The van der Waals surface area contributed by atoms with Gasteiger partial charge < -0.3 is 10.1 Å². The van der Waals surface area contributed by atoms with Crippen molar-refractivity contribution in [3.05, 3.63) is 11.9 Å². The highest BCUT2D eigenvalue weighted by atomic mass is 35.5. The largest absolute Gasteiger partial charge is 0.467 e. The molecule has 0 aliphatic carbocycles. The molecule has 7 nitrogen and oxygen atoms in total. The van der Waals surface area contributed by atoms with Gasteiger partial charge >= 0.3 is 5.97 Å². The van der Waals surface area contributed by atoms with Crippen LogP contribution >= 0.6 is 11.6 Å². The van der Waals surface area contributed by atoms with E-state index in [4.69, 9.17) is 11.6 Å². The van der Waals surface area contributed by atoms with Gasteiger partial charge in [-0.3, -0.25) is 4.79 Å². The number of hydrogen-bond acceptors (Lipinski definition) is 5. The van der Waals surface area contributed by atoms with E-state index in [-0.39, 0.29) is 18.3 Å². The molecule has 0 bridgehead atoms. The molecule has 1 rings (SSSR count). The lowest BCUT2D eigenvalue weighted by Gasteiger charge is -2.20. The quantitative estimate of drug-likeness (QED) is 0.605. The molecule has 1 aromatic rings. The van der Waals surface area contributed by atoms with Gasteiger partial charge in [-0.15, -0.1) is 16.7 Å². The van der Waals surface area contributed by atoms with Crippen molar-refractivity contribution in [1.82, 2.24) is 20.3 Å². The lowest BCUT2D eigenvalue weighted by Crippen LogP contribution is -2.37. The molecule has 0 aliphatic heterocycles. The van der Waals surface area contributed by atoms with Gasteiger partial charge in [0.25, 0.3) is 0 Å². The van der Waals surface area contributed by atoms with Gasteiger partial charge in [0.2, 0.25) is 5.91 Å². The van der Waals surface area contributed by atoms with E-state index in [1.807, 2.05) is 0 Å². The molecular weight excluding hydrogens is 260 g/mol. The van der Waals surface area contributed by atoms with Crippen molar-refractivity contribution in [2.24, 2.45) is 0 Å². The van der Waals surface area contributed by atoms with Crippen molar-refractivity contribution >= 4 is 23.5 Å². The van der Waals surface area contributed by atoms with Crippen molar-refractivity contribution in [2.75, 3.05) is 13.0 Å². The van der Waals surface area contributed by atoms with Crippen molar-refractivity contribution in [3.8, 4) is 0 Å². The van der Waals surface area contributed by atoms with Crippen LogP contribution in [-0.2, 0) is 26.4 Å². The molecule has 0 atom stereocenters. The van der Waals surface area contributed by atoms with E-state index in [9.17, 15) is 9.59 Å². The minimum Gasteiger partial charge on any atom is -0.467 e. The Morgan fingerprint density at radius 2 is 2.22 bits per heavy atom. The fourth-order valence-electron chi connectivity index (χ4n) is 1.23. The maximum absolute atomic E-state index is 11.6. The summed E-state index contributed by atoms with van der Waals surface area (Å²) in [5.41, 5.74) is -0.415. The summed E-state index contributed by atoms with van der Waals surface area (Å²) in [5, 5.41) is 10.2. The molecule has 0 unspecified atom stereocenters. The number of carbonyl (C=O) groups excluding carboxylic acids is 2. The second-order valence-electron chi connectivity index (χ2n) is 4.12. The highest BCUT2D eigenvalue weighted by Crippen LogP contribution is 2.15. The maximum Gasteiger partial charge on any atom is 0.333 e. The second kappa shape index (κ2) is 5.81. The molecule has 0 radical (unpaired) electrons. The molecule has 0 saturated heterocycles. The predicted molar refractivity (Wildman–Crippen MR) is 63.9 cm³/mol. The number of hydrogen-bond donors (Lipinski definition) is 1. The molecule has 0 spiro atoms. The number of amides is 1. The summed E-state index contributed by atoms with van der Waals surface area (Å²) < 4.78 is 6.07. The first-order valence-corrected chi connectivity index (χ1v) is 5.78. The van der Waals surface area contributed by atoms with Crippen LogP contribution in [0.4, 0.5) is 0 Å². The number of rotatable bonds is 5. The first kappa shape index (κ1) is 14.4. The Morgan fingerprint density at radius 1 is 1.56 bits per heavy atom. The summed E-state index contributed by atoms with van der Waals surface area (Å²) in [6.07, 6.45) is 1.57. The van der Waals surface area contributed by atoms with Gasteiger partial charge in [0, 0.05) is 0 Å². The van der Waals surface area contributed by atoms with Crippen molar-refractivity contribution in [2.45, 2.75) is 25.9 Å². The standard InChI is InChI=1S/C10H15ClN4O3/c1-10(2,9(17)18-3)15-6-7(13-14-15)5-12-8(16)4-11/h6H,4-5H2,1-3H3,(H,12,16). The SMILES string of the molecule is COC(=O)C(C)(C)n1cc(CNC(=O)CCl)nn1. The molecule has 1 N–H and O–H groups in total. The van der Waals surface area contributed by atoms with Gasteiger partial charge in [0.05, 0.1) is 19.9 Å². The van der Waals surface area contributed by atoms with Crippen LogP contribution in [0.2, 0.25) is 0 Å². The Morgan fingerprint density at radius 3 is 2.78 bits per heavy atom. The Balaban J connectivity index is 2.74. The number of halogens is 1. The average molecular weight is 275 g/mol. The first-order valence-electron chi connectivity index (χ1n) is 5.24. The molecule has 0 aromatic carbocycles. The smallest absolute Gasteiger partial charge is 0.333 e. The van der Waals surface area contributed by atoms with Crippen molar-refractivity contribution in [1.29, 1.82) is 0 Å². The Bertz CT molecular complexity index is 444. The predicted octanol–water partition coefficient (Wildman–Crippen LogP) is 0.0412. The highest BCUT2D eigenvalue weighted by molar-refractivity contribution is 6.27. The van der Waals surface area contributed by atoms with Crippen LogP contribution in [0.5, 0.6) is 0 Å². The summed E-state index contributed by atoms with van der Waals surface area (Å²) in [4.78, 5) is 22.5. The van der Waals surface area contributed by atoms with Crippen LogP contribution in [0, 0.1) is 0 Å². The van der Waals surface area contributed by atoms with Crippen molar-refractivity contribution < 1.29 is 14.3 Å². The van der Waals surface area contributed by atoms with Crippen LogP contribution in [0.1, 0.15) is 19.5 Å². The van der Waals surface area contributed by atoms with Crippen LogP contribution in [0.25, 0.3) is 0 Å². The second-order valence-corrected chi connectivity index (χ2v) is 4.38. The monoisotopic (exact) mass is 274 g/mol. The van der Waals surface area contributed by atoms with Gasteiger partial charge in [-0.25, -0.2) is 9.48 Å². The lowest BCUT2D eigenvalue weighted by molar-refractivity contribution is -0.150. The zero-order valence-corrected chi connectivity index (χ0v) is 11.2. The third-order valence-electron chi connectivity index (χ3n) is 2.39. The fraction of sp³-hybridized carbons (Fsp3) is 0.600. The number of ether oxygens (including phenoxy) is 1. The normalized spacial score (nSPS) is 11.1. The number of carbonyl (C=O) groups is 2. The van der Waals surface area contributed by atoms with E-state index >= 15 is 0 Å². The highest BCUT2D eigenvalue weighted by Gasteiger charge is 2.32. The van der Waals surface area contributed by atoms with E-state index in [1.54, 1.807) is 20.0 Å². The zero-order chi connectivity index (χ0) is 13.8. The summed E-state index contributed by atoms with van der Waals surface area (Å²) >= 11 is 5.34. The number of methoxy groups -OCH3 is 1. The molecule has 18 heavy (non-hydrogen) atoms.